The van der Waals surface area contributed by atoms with Gasteiger partial charge in [0.2, 0.25) is 0 Å². The molecule has 1 fully saturated rings. The van der Waals surface area contributed by atoms with Crippen molar-refractivity contribution in [1.29, 1.82) is 0 Å². The number of methoxy groups -OCH3 is 1. The van der Waals surface area contributed by atoms with Crippen molar-refractivity contribution >= 4 is 45.8 Å². The summed E-state index contributed by atoms with van der Waals surface area (Å²) in [7, 11) is 1.40. The molecule has 1 aliphatic heterocycles. The Labute approximate surface area is 205 Å². The van der Waals surface area contributed by atoms with Crippen LogP contribution in [0.15, 0.2) is 58.0 Å². The minimum absolute atomic E-state index is 0.0506. The van der Waals surface area contributed by atoms with Crippen LogP contribution in [0, 0.1) is 0 Å². The number of para-hydroxylation sites is 1. The number of likely N-dealkylation sites (tertiary alicyclic amines) is 1. The fourth-order valence-corrected chi connectivity index (χ4v) is 5.26. The number of aliphatic imine (C=N–C) groups is 1. The molecule has 0 spiro atoms. The molecule has 1 saturated heterocycles. The predicted molar refractivity (Wildman–Crippen MR) is 134 cm³/mol. The number of carbonyl (C=O) groups is 1. The summed E-state index contributed by atoms with van der Waals surface area (Å²) in [4.78, 5) is 19.2. The minimum Gasteiger partial charge on any atom is -0.453 e. The molecule has 4 heterocycles. The molecule has 0 unspecified atom stereocenters. The number of nitrogens with zero attached hydrogens (tertiary/aromatic N) is 4. The molecule has 176 valence electrons. The zero-order chi connectivity index (χ0) is 23.7. The van der Waals surface area contributed by atoms with Crippen LogP contribution in [0.4, 0.5) is 4.79 Å². The number of benzene rings is 1. The first kappa shape index (κ1) is 22.5. The maximum Gasteiger partial charge on any atom is 0.409 e. The number of aromatic nitrogens is 2. The van der Waals surface area contributed by atoms with E-state index in [4.69, 9.17) is 31.6 Å². The van der Waals surface area contributed by atoms with Crippen LogP contribution in [-0.2, 0) is 11.3 Å². The van der Waals surface area contributed by atoms with Gasteiger partial charge in [-0.3, -0.25) is 4.99 Å². The third-order valence-electron chi connectivity index (χ3n) is 5.99. The van der Waals surface area contributed by atoms with Crippen LogP contribution in [0.25, 0.3) is 21.5 Å². The molecule has 0 saturated carbocycles. The summed E-state index contributed by atoms with van der Waals surface area (Å²) in [6.07, 6.45) is 1.19. The molecule has 1 aliphatic rings. The topological polar surface area (TPSA) is 98.9 Å². The molecule has 5 rings (SSSR count). The molecule has 1 amide bonds. The molecule has 3 aromatic heterocycles. The summed E-state index contributed by atoms with van der Waals surface area (Å²) >= 11 is 7.51. The number of amidine groups is 1. The van der Waals surface area contributed by atoms with Crippen LogP contribution in [0.1, 0.15) is 24.2 Å². The van der Waals surface area contributed by atoms with Crippen LogP contribution in [0.2, 0.25) is 4.34 Å². The Morgan fingerprint density at radius 2 is 2.06 bits per heavy atom. The number of halogens is 1. The second kappa shape index (κ2) is 9.52. The van der Waals surface area contributed by atoms with Crippen molar-refractivity contribution in [3.05, 3.63) is 64.3 Å². The summed E-state index contributed by atoms with van der Waals surface area (Å²) in [6, 6.07) is 15.9. The molecule has 4 aromatic rings. The van der Waals surface area contributed by atoms with Crippen molar-refractivity contribution < 1.29 is 14.1 Å². The van der Waals surface area contributed by atoms with Crippen molar-refractivity contribution in [3.8, 4) is 10.6 Å². The second-order valence-corrected chi connectivity index (χ2v) is 9.88. The van der Waals surface area contributed by atoms with Crippen molar-refractivity contribution in [3.63, 3.8) is 0 Å². The number of carbonyl (C=O) groups excluding carboxylic acids is 1. The monoisotopic (exact) mass is 497 g/mol. The third kappa shape index (κ3) is 4.53. The smallest absolute Gasteiger partial charge is 0.409 e. The van der Waals surface area contributed by atoms with Gasteiger partial charge in [-0.15, -0.1) is 11.3 Å². The van der Waals surface area contributed by atoms with Gasteiger partial charge in [0, 0.05) is 30.1 Å². The number of nitrogens with two attached hydrogens (primary N) is 1. The van der Waals surface area contributed by atoms with E-state index < -0.39 is 0 Å². The van der Waals surface area contributed by atoms with E-state index in [2.05, 4.69) is 27.9 Å². The first-order chi connectivity index (χ1) is 16.5. The average Bonchev–Trinajstić information content (AvgIpc) is 3.58. The van der Waals surface area contributed by atoms with E-state index in [1.165, 1.54) is 18.4 Å². The van der Waals surface area contributed by atoms with E-state index in [0.29, 0.717) is 35.6 Å². The maximum absolute atomic E-state index is 11.7. The molecule has 8 nitrogen and oxygen atoms in total. The lowest BCUT2D eigenvalue weighted by Crippen LogP contribution is -2.40. The van der Waals surface area contributed by atoms with Crippen LogP contribution >= 0.6 is 22.9 Å². The highest BCUT2D eigenvalue weighted by Crippen LogP contribution is 2.32. The molecule has 10 heteroatoms. The molecular weight excluding hydrogens is 474 g/mol. The molecule has 2 N–H and O–H groups in total. The number of fused-ring (bicyclic) bond motifs is 1. The van der Waals surface area contributed by atoms with E-state index in [9.17, 15) is 4.79 Å². The van der Waals surface area contributed by atoms with E-state index in [1.807, 2.05) is 30.3 Å². The first-order valence-electron chi connectivity index (χ1n) is 11.0. The van der Waals surface area contributed by atoms with Gasteiger partial charge in [-0.25, -0.2) is 4.79 Å². The molecule has 1 aromatic carbocycles. The molecular formula is C24H24ClN5O3S. The molecule has 0 bridgehead atoms. The Morgan fingerprint density at radius 3 is 2.79 bits per heavy atom. The van der Waals surface area contributed by atoms with Gasteiger partial charge in [-0.05, 0) is 37.1 Å². The number of ether oxygens (including phenoxy) is 1. The van der Waals surface area contributed by atoms with Gasteiger partial charge in [-0.1, -0.05) is 35.0 Å². The lowest BCUT2D eigenvalue weighted by molar-refractivity contribution is 0.113. The van der Waals surface area contributed by atoms with Crippen molar-refractivity contribution in [2.24, 2.45) is 10.7 Å². The van der Waals surface area contributed by atoms with Gasteiger partial charge < -0.3 is 24.5 Å². The van der Waals surface area contributed by atoms with Crippen molar-refractivity contribution in [2.45, 2.75) is 25.4 Å². The fraction of sp³-hybridized carbons (Fsp3) is 0.292. The lowest BCUT2D eigenvalue weighted by atomic mass is 10.1. The second-order valence-electron chi connectivity index (χ2n) is 8.16. The normalized spacial score (nSPS) is 15.2. The Bertz CT molecular complexity index is 1350. The minimum atomic E-state index is -0.299. The zero-order valence-electron chi connectivity index (χ0n) is 18.6. The number of thiophene rings is 1. The maximum atomic E-state index is 11.7. The summed E-state index contributed by atoms with van der Waals surface area (Å²) in [5.74, 6) is 1.16. The molecule has 0 radical (unpaired) electrons. The van der Waals surface area contributed by atoms with Gasteiger partial charge in [0.15, 0.2) is 5.76 Å². The highest BCUT2D eigenvalue weighted by molar-refractivity contribution is 7.19. The van der Waals surface area contributed by atoms with Crippen LogP contribution in [0.3, 0.4) is 0 Å². The molecule has 0 aliphatic carbocycles. The fourth-order valence-electron chi connectivity index (χ4n) is 4.27. The first-order valence-corrected chi connectivity index (χ1v) is 12.2. The highest BCUT2D eigenvalue weighted by Gasteiger charge is 2.24. The standard InChI is InChI=1S/C24H24ClN5O3S/c1-32-24(31)29-10-8-16(9-11-29)27-23(26)19-12-15-4-2-3-5-18(15)30(19)14-17-13-20(33-28-17)21-6-7-22(25)34-21/h2-7,12-13,16H,8-11,14H2,1H3,(H2,26,27). The number of amides is 1. The number of rotatable bonds is 5. The van der Waals surface area contributed by atoms with Crippen molar-refractivity contribution in [1.82, 2.24) is 14.6 Å². The largest absolute Gasteiger partial charge is 0.453 e. The number of hydrogen-bond acceptors (Lipinski definition) is 6. The number of piperidine rings is 1. The van der Waals surface area contributed by atoms with Gasteiger partial charge in [-0.2, -0.15) is 0 Å². The van der Waals surface area contributed by atoms with Crippen LogP contribution < -0.4 is 5.73 Å². The van der Waals surface area contributed by atoms with Gasteiger partial charge in [0.05, 0.1) is 34.6 Å². The molecule has 0 atom stereocenters. The van der Waals surface area contributed by atoms with E-state index in [1.54, 1.807) is 4.90 Å². The van der Waals surface area contributed by atoms with E-state index in [0.717, 1.165) is 40.0 Å². The quantitative estimate of drug-likeness (QED) is 0.309. The lowest BCUT2D eigenvalue weighted by Gasteiger charge is -2.29. The van der Waals surface area contributed by atoms with Crippen LogP contribution in [0.5, 0.6) is 0 Å². The van der Waals surface area contributed by atoms with Gasteiger partial charge in [0.1, 0.15) is 11.5 Å². The zero-order valence-corrected chi connectivity index (χ0v) is 20.2. The SMILES string of the molecule is COC(=O)N1CCC(N=C(N)c2cc3ccccc3n2Cc2cc(-c3ccc(Cl)s3)on2)CC1. The summed E-state index contributed by atoms with van der Waals surface area (Å²) < 4.78 is 13.2. The van der Waals surface area contributed by atoms with E-state index in [-0.39, 0.29) is 12.1 Å². The Morgan fingerprint density at radius 1 is 1.26 bits per heavy atom. The summed E-state index contributed by atoms with van der Waals surface area (Å²) in [6.45, 7) is 1.69. The molecule has 34 heavy (non-hydrogen) atoms. The van der Waals surface area contributed by atoms with Gasteiger partial charge >= 0.3 is 6.09 Å². The third-order valence-corrected chi connectivity index (χ3v) is 7.23. The Kier molecular flexibility index (Phi) is 6.30. The van der Waals surface area contributed by atoms with E-state index >= 15 is 0 Å². The van der Waals surface area contributed by atoms with Crippen LogP contribution in [-0.4, -0.2) is 52.8 Å². The van der Waals surface area contributed by atoms with Crippen molar-refractivity contribution in [2.75, 3.05) is 20.2 Å². The summed E-state index contributed by atoms with van der Waals surface area (Å²) in [5.41, 5.74) is 9.19. The highest BCUT2D eigenvalue weighted by atomic mass is 35.5. The average molecular weight is 498 g/mol. The number of hydrogen-bond donors (Lipinski definition) is 1. The Balaban J connectivity index is 1.41. The summed E-state index contributed by atoms with van der Waals surface area (Å²) in [5, 5.41) is 5.34. The Hall–Kier alpha value is -3.30. The van der Waals surface area contributed by atoms with Gasteiger partial charge in [0.25, 0.3) is 0 Å². The predicted octanol–water partition coefficient (Wildman–Crippen LogP) is 5.00.